The van der Waals surface area contributed by atoms with E-state index in [1.54, 1.807) is 4.68 Å². The maximum Gasteiger partial charge on any atom is 0.408 e. The zero-order chi connectivity index (χ0) is 17.4. The molecule has 1 amide bonds. The molecule has 3 N–H and O–H groups in total. The van der Waals surface area contributed by atoms with Crippen molar-refractivity contribution in [1.82, 2.24) is 20.3 Å². The van der Waals surface area contributed by atoms with E-state index in [0.29, 0.717) is 5.92 Å². The van der Waals surface area contributed by atoms with Crippen molar-refractivity contribution in [3.05, 3.63) is 11.9 Å². The van der Waals surface area contributed by atoms with Crippen LogP contribution in [-0.4, -0.2) is 26.7 Å². The molecule has 1 aromatic heterocycles. The van der Waals surface area contributed by atoms with Gasteiger partial charge in [0.1, 0.15) is 17.0 Å². The first-order chi connectivity index (χ1) is 11.3. The largest absolute Gasteiger partial charge is 0.444 e. The molecule has 2 aliphatic carbocycles. The Morgan fingerprint density at radius 1 is 1.38 bits per heavy atom. The Balaban J connectivity index is 1.76. The van der Waals surface area contributed by atoms with Gasteiger partial charge in [-0.1, -0.05) is 24.5 Å². The monoisotopic (exact) mass is 335 g/mol. The summed E-state index contributed by atoms with van der Waals surface area (Å²) in [4.78, 5) is 12.3. The summed E-state index contributed by atoms with van der Waals surface area (Å²) in [6.45, 7) is 5.59. The Morgan fingerprint density at radius 2 is 2.04 bits per heavy atom. The van der Waals surface area contributed by atoms with Gasteiger partial charge in [0.2, 0.25) is 0 Å². The zero-order valence-corrected chi connectivity index (χ0v) is 14.9. The number of hydrogen-bond donors (Lipinski definition) is 2. The van der Waals surface area contributed by atoms with Crippen molar-refractivity contribution in [2.24, 2.45) is 11.7 Å². The third-order valence-corrected chi connectivity index (χ3v) is 4.84. The molecule has 0 aliphatic heterocycles. The van der Waals surface area contributed by atoms with Crippen LogP contribution in [-0.2, 0) is 10.4 Å². The van der Waals surface area contributed by atoms with E-state index in [0.717, 1.165) is 31.4 Å². The molecule has 0 radical (unpaired) electrons. The van der Waals surface area contributed by atoms with Gasteiger partial charge in [0, 0.05) is 0 Å². The summed E-state index contributed by atoms with van der Waals surface area (Å²) < 4.78 is 7.18. The normalized spacial score (nSPS) is 22.0. The number of carbonyl (C=O) groups excluding carboxylic acids is 1. The molecule has 3 rings (SSSR count). The smallest absolute Gasteiger partial charge is 0.408 e. The van der Waals surface area contributed by atoms with E-state index < -0.39 is 11.7 Å². The Bertz CT molecular complexity index is 582. The molecule has 0 aromatic carbocycles. The highest BCUT2D eigenvalue weighted by Crippen LogP contribution is 2.38. The molecule has 0 saturated heterocycles. The highest BCUT2D eigenvalue weighted by atomic mass is 16.6. The third-order valence-electron chi connectivity index (χ3n) is 4.84. The first-order valence-electron chi connectivity index (χ1n) is 8.98. The molecule has 1 aromatic rings. The van der Waals surface area contributed by atoms with Crippen molar-refractivity contribution in [3.63, 3.8) is 0 Å². The minimum Gasteiger partial charge on any atom is -0.444 e. The maximum absolute atomic E-state index is 12.3. The molecule has 24 heavy (non-hydrogen) atoms. The second kappa shape index (κ2) is 6.35. The summed E-state index contributed by atoms with van der Waals surface area (Å²) in [6.07, 6.45) is 9.13. The number of aromatic nitrogens is 3. The van der Waals surface area contributed by atoms with Crippen LogP contribution in [0.15, 0.2) is 6.20 Å². The fraction of sp³-hybridized carbons (Fsp3) is 0.824. The van der Waals surface area contributed by atoms with Crippen LogP contribution in [0.25, 0.3) is 0 Å². The first kappa shape index (κ1) is 17.2. The molecule has 0 spiro atoms. The van der Waals surface area contributed by atoms with Crippen molar-refractivity contribution < 1.29 is 9.53 Å². The standard InChI is InChI=1S/C17H29N5O2/c1-16(2,3)24-15(23)19-14(12-7-5-4-6-8-12)13-11-22(21-20-13)17(18)9-10-17/h11-12,14H,4-10,18H2,1-3H3,(H,19,23)/t14-/m0/s1. The van der Waals surface area contributed by atoms with Crippen LogP contribution < -0.4 is 11.1 Å². The van der Waals surface area contributed by atoms with Crippen molar-refractivity contribution in [1.29, 1.82) is 0 Å². The molecule has 1 atom stereocenters. The molecule has 7 heteroatoms. The fourth-order valence-corrected chi connectivity index (χ4v) is 3.33. The topological polar surface area (TPSA) is 95.1 Å². The highest BCUT2D eigenvalue weighted by molar-refractivity contribution is 5.68. The summed E-state index contributed by atoms with van der Waals surface area (Å²) in [5.74, 6) is 0.365. The molecule has 134 valence electrons. The van der Waals surface area contributed by atoms with Gasteiger partial charge in [-0.05, 0) is 52.4 Å². The van der Waals surface area contributed by atoms with Gasteiger partial charge in [-0.15, -0.1) is 5.10 Å². The Morgan fingerprint density at radius 3 is 2.62 bits per heavy atom. The van der Waals surface area contributed by atoms with E-state index in [9.17, 15) is 4.79 Å². The van der Waals surface area contributed by atoms with Crippen molar-refractivity contribution in [2.75, 3.05) is 0 Å². The van der Waals surface area contributed by atoms with Gasteiger partial charge in [-0.3, -0.25) is 0 Å². The van der Waals surface area contributed by atoms with Crippen molar-refractivity contribution >= 4 is 6.09 Å². The predicted molar refractivity (Wildman–Crippen MR) is 90.1 cm³/mol. The predicted octanol–water partition coefficient (Wildman–Crippen LogP) is 2.83. The van der Waals surface area contributed by atoms with E-state index >= 15 is 0 Å². The van der Waals surface area contributed by atoms with Gasteiger partial charge in [0.25, 0.3) is 0 Å². The quantitative estimate of drug-likeness (QED) is 0.882. The van der Waals surface area contributed by atoms with Gasteiger partial charge in [-0.2, -0.15) is 0 Å². The Labute approximate surface area is 143 Å². The molecule has 2 fully saturated rings. The lowest BCUT2D eigenvalue weighted by molar-refractivity contribution is 0.0474. The lowest BCUT2D eigenvalue weighted by Gasteiger charge is -2.30. The lowest BCUT2D eigenvalue weighted by Crippen LogP contribution is -2.38. The van der Waals surface area contributed by atoms with E-state index in [4.69, 9.17) is 10.5 Å². The molecule has 0 unspecified atom stereocenters. The molecule has 1 heterocycles. The summed E-state index contributed by atoms with van der Waals surface area (Å²) in [5, 5.41) is 11.5. The third kappa shape index (κ3) is 4.06. The SMILES string of the molecule is CC(C)(C)OC(=O)N[C@H](c1cn(C2(N)CC2)nn1)C1CCCCC1. The van der Waals surface area contributed by atoms with Gasteiger partial charge < -0.3 is 15.8 Å². The van der Waals surface area contributed by atoms with Crippen LogP contribution in [0, 0.1) is 5.92 Å². The number of rotatable bonds is 4. The van der Waals surface area contributed by atoms with E-state index in [2.05, 4.69) is 15.6 Å². The molecular formula is C17H29N5O2. The molecule has 7 nitrogen and oxygen atoms in total. The number of amides is 1. The number of nitrogens with one attached hydrogen (secondary N) is 1. The lowest BCUT2D eigenvalue weighted by atomic mass is 9.83. The summed E-state index contributed by atoms with van der Waals surface area (Å²) in [5.41, 5.74) is 6.07. The molecule has 2 saturated carbocycles. The molecular weight excluding hydrogens is 306 g/mol. The maximum atomic E-state index is 12.3. The Kier molecular flexibility index (Phi) is 4.55. The summed E-state index contributed by atoms with van der Waals surface area (Å²) >= 11 is 0. The van der Waals surface area contributed by atoms with Crippen LogP contribution in [0.3, 0.4) is 0 Å². The van der Waals surface area contributed by atoms with Crippen molar-refractivity contribution in [3.8, 4) is 0 Å². The number of nitrogens with zero attached hydrogens (tertiary/aromatic N) is 3. The number of carbonyl (C=O) groups is 1. The van der Waals surface area contributed by atoms with Crippen LogP contribution in [0.1, 0.15) is 77.5 Å². The van der Waals surface area contributed by atoms with Gasteiger partial charge in [0.15, 0.2) is 0 Å². The van der Waals surface area contributed by atoms with Gasteiger partial charge in [0.05, 0.1) is 12.2 Å². The summed E-state index contributed by atoms with van der Waals surface area (Å²) in [6, 6.07) is -0.170. The van der Waals surface area contributed by atoms with Crippen LogP contribution >= 0.6 is 0 Å². The number of hydrogen-bond acceptors (Lipinski definition) is 5. The van der Waals surface area contributed by atoms with Crippen LogP contribution in [0.2, 0.25) is 0 Å². The molecule has 0 bridgehead atoms. The average Bonchev–Trinajstić information content (AvgIpc) is 3.07. The van der Waals surface area contributed by atoms with Crippen LogP contribution in [0.5, 0.6) is 0 Å². The van der Waals surface area contributed by atoms with E-state index in [1.165, 1.54) is 19.3 Å². The number of alkyl carbamates (subject to hydrolysis) is 1. The molecule has 2 aliphatic rings. The summed E-state index contributed by atoms with van der Waals surface area (Å²) in [7, 11) is 0. The second-order valence-corrected chi connectivity index (χ2v) is 8.21. The number of nitrogens with two attached hydrogens (primary N) is 1. The minimum absolute atomic E-state index is 0.170. The fourth-order valence-electron chi connectivity index (χ4n) is 3.33. The van der Waals surface area contributed by atoms with Crippen LogP contribution in [0.4, 0.5) is 4.79 Å². The first-order valence-corrected chi connectivity index (χ1v) is 8.98. The minimum atomic E-state index is -0.520. The zero-order valence-electron chi connectivity index (χ0n) is 14.9. The highest BCUT2D eigenvalue weighted by Gasteiger charge is 2.42. The van der Waals surface area contributed by atoms with E-state index in [1.807, 2.05) is 27.0 Å². The van der Waals surface area contributed by atoms with E-state index in [-0.39, 0.29) is 11.7 Å². The van der Waals surface area contributed by atoms with Crippen molar-refractivity contribution in [2.45, 2.75) is 83.0 Å². The second-order valence-electron chi connectivity index (χ2n) is 8.21. The Hall–Kier alpha value is -1.63. The average molecular weight is 335 g/mol. The van der Waals surface area contributed by atoms with Gasteiger partial charge >= 0.3 is 6.09 Å². The number of ether oxygens (including phenoxy) is 1. The van der Waals surface area contributed by atoms with Gasteiger partial charge in [-0.25, -0.2) is 9.48 Å².